The van der Waals surface area contributed by atoms with E-state index in [9.17, 15) is 9.90 Å². The molecule has 0 aromatic heterocycles. The lowest BCUT2D eigenvalue weighted by Gasteiger charge is -2.09. The minimum atomic E-state index is -1.24. The highest BCUT2D eigenvalue weighted by atomic mass is 16.5. The van der Waals surface area contributed by atoms with Gasteiger partial charge in [0.1, 0.15) is 5.75 Å². The van der Waals surface area contributed by atoms with E-state index in [4.69, 9.17) is 4.74 Å². The van der Waals surface area contributed by atoms with Crippen LogP contribution in [0, 0.1) is 0 Å². The van der Waals surface area contributed by atoms with Gasteiger partial charge in [-0.1, -0.05) is 30.3 Å². The Morgan fingerprint density at radius 3 is 2.43 bits per heavy atom. The summed E-state index contributed by atoms with van der Waals surface area (Å²) in [7, 11) is 0. The largest absolute Gasteiger partial charge is 0.494 e. The second kappa shape index (κ2) is 8.10. The fourth-order valence-corrected chi connectivity index (χ4v) is 2.01. The molecule has 0 saturated carbocycles. The second-order valence-corrected chi connectivity index (χ2v) is 4.94. The van der Waals surface area contributed by atoms with Crippen molar-refractivity contribution >= 4 is 11.6 Å². The number of hydrogen-bond acceptors (Lipinski definition) is 4. The fraction of sp³-hybridized carbons (Fsp3) is 0.222. The summed E-state index contributed by atoms with van der Waals surface area (Å²) in [4.78, 5) is 11.9. The molecule has 23 heavy (non-hydrogen) atoms. The van der Waals surface area contributed by atoms with Gasteiger partial charge in [-0.05, 0) is 49.2 Å². The Morgan fingerprint density at radius 1 is 1.17 bits per heavy atom. The number of hydrogen-bond donors (Lipinski definition) is 2. The van der Waals surface area contributed by atoms with Gasteiger partial charge < -0.3 is 9.84 Å². The standard InChI is InChI=1S/C18H20N2O3/c1-3-23-16-11-9-14(10-12-16)13(2)19-20-18(22)17(21)15-7-5-4-6-8-15/h4-12,17,21H,3H2,1-2H3,(H,20,22)/b19-13-/t17-/m0/s1. The quantitative estimate of drug-likeness (QED) is 0.636. The van der Waals surface area contributed by atoms with Crippen LogP contribution >= 0.6 is 0 Å². The summed E-state index contributed by atoms with van der Waals surface area (Å²) in [5.41, 5.74) is 4.42. The van der Waals surface area contributed by atoms with Crippen LogP contribution in [-0.2, 0) is 4.79 Å². The first-order valence-corrected chi connectivity index (χ1v) is 7.42. The van der Waals surface area contributed by atoms with Gasteiger partial charge in [-0.15, -0.1) is 0 Å². The Balaban J connectivity index is 1.99. The van der Waals surface area contributed by atoms with Crippen molar-refractivity contribution in [1.29, 1.82) is 0 Å². The molecule has 0 heterocycles. The molecule has 5 heteroatoms. The maximum atomic E-state index is 11.9. The second-order valence-electron chi connectivity index (χ2n) is 4.94. The summed E-state index contributed by atoms with van der Waals surface area (Å²) >= 11 is 0. The van der Waals surface area contributed by atoms with E-state index in [1.54, 1.807) is 31.2 Å². The Morgan fingerprint density at radius 2 is 1.83 bits per heavy atom. The van der Waals surface area contributed by atoms with E-state index < -0.39 is 12.0 Å². The molecule has 0 aliphatic rings. The number of rotatable bonds is 6. The lowest BCUT2D eigenvalue weighted by atomic mass is 10.1. The third-order valence-corrected chi connectivity index (χ3v) is 3.28. The van der Waals surface area contributed by atoms with Crippen LogP contribution in [0.4, 0.5) is 0 Å². The molecule has 2 N–H and O–H groups in total. The van der Waals surface area contributed by atoms with E-state index in [1.165, 1.54) is 0 Å². The van der Waals surface area contributed by atoms with Crippen molar-refractivity contribution in [2.24, 2.45) is 5.10 Å². The zero-order valence-electron chi connectivity index (χ0n) is 13.2. The van der Waals surface area contributed by atoms with Crippen LogP contribution in [0.25, 0.3) is 0 Å². The molecule has 1 atom stereocenters. The Bertz CT molecular complexity index is 666. The van der Waals surface area contributed by atoms with E-state index in [1.807, 2.05) is 37.3 Å². The summed E-state index contributed by atoms with van der Waals surface area (Å²) in [6.45, 7) is 4.32. The number of carbonyl (C=O) groups excluding carboxylic acids is 1. The molecule has 2 aromatic rings. The number of nitrogens with one attached hydrogen (secondary N) is 1. The number of hydrazone groups is 1. The third-order valence-electron chi connectivity index (χ3n) is 3.28. The van der Waals surface area contributed by atoms with Crippen molar-refractivity contribution in [3.05, 3.63) is 65.7 Å². The smallest absolute Gasteiger partial charge is 0.273 e. The number of amides is 1. The molecular weight excluding hydrogens is 292 g/mol. The van der Waals surface area contributed by atoms with Gasteiger partial charge in [-0.3, -0.25) is 4.79 Å². The van der Waals surface area contributed by atoms with Crippen molar-refractivity contribution in [3.63, 3.8) is 0 Å². The predicted molar refractivity (Wildman–Crippen MR) is 89.4 cm³/mol. The molecule has 1 amide bonds. The maximum Gasteiger partial charge on any atom is 0.273 e. The van der Waals surface area contributed by atoms with Crippen LogP contribution < -0.4 is 10.2 Å². The first-order chi connectivity index (χ1) is 11.1. The molecule has 0 spiro atoms. The van der Waals surface area contributed by atoms with E-state index in [0.29, 0.717) is 17.9 Å². The average molecular weight is 312 g/mol. The monoisotopic (exact) mass is 312 g/mol. The van der Waals surface area contributed by atoms with Crippen LogP contribution in [-0.4, -0.2) is 23.3 Å². The molecule has 0 fully saturated rings. The molecule has 0 aliphatic heterocycles. The average Bonchev–Trinajstić information content (AvgIpc) is 2.60. The zero-order chi connectivity index (χ0) is 16.7. The first-order valence-electron chi connectivity index (χ1n) is 7.42. The van der Waals surface area contributed by atoms with Crippen LogP contribution in [0.1, 0.15) is 31.1 Å². The Labute approximate surface area is 135 Å². The number of carbonyl (C=O) groups is 1. The lowest BCUT2D eigenvalue weighted by molar-refractivity contribution is -0.129. The van der Waals surface area contributed by atoms with Crippen LogP contribution in [0.5, 0.6) is 5.75 Å². The van der Waals surface area contributed by atoms with Crippen molar-refractivity contribution in [2.75, 3.05) is 6.61 Å². The number of nitrogens with zero attached hydrogens (tertiary/aromatic N) is 1. The summed E-state index contributed by atoms with van der Waals surface area (Å²) in [5.74, 6) is 0.217. The molecule has 2 aromatic carbocycles. The van der Waals surface area contributed by atoms with Crippen LogP contribution in [0.2, 0.25) is 0 Å². The van der Waals surface area contributed by atoms with E-state index in [0.717, 1.165) is 11.3 Å². The fourth-order valence-electron chi connectivity index (χ4n) is 2.01. The third kappa shape index (κ3) is 4.66. The van der Waals surface area contributed by atoms with Gasteiger partial charge in [-0.2, -0.15) is 5.10 Å². The Kier molecular flexibility index (Phi) is 5.88. The molecule has 0 radical (unpaired) electrons. The van der Waals surface area contributed by atoms with Gasteiger partial charge in [0.25, 0.3) is 5.91 Å². The SMILES string of the molecule is CCOc1ccc(/C(C)=N\NC(=O)[C@@H](O)c2ccccc2)cc1. The van der Waals surface area contributed by atoms with Gasteiger partial charge in [-0.25, -0.2) is 5.43 Å². The molecule has 0 bridgehead atoms. The van der Waals surface area contributed by atoms with Gasteiger partial charge >= 0.3 is 0 Å². The van der Waals surface area contributed by atoms with E-state index in [-0.39, 0.29) is 0 Å². The van der Waals surface area contributed by atoms with E-state index >= 15 is 0 Å². The number of ether oxygens (including phenoxy) is 1. The summed E-state index contributed by atoms with van der Waals surface area (Å²) in [5, 5.41) is 14.0. The van der Waals surface area contributed by atoms with Crippen molar-refractivity contribution in [3.8, 4) is 5.75 Å². The molecule has 0 saturated heterocycles. The molecule has 120 valence electrons. The molecular formula is C18H20N2O3. The maximum absolute atomic E-state index is 11.9. The van der Waals surface area contributed by atoms with Crippen molar-refractivity contribution in [2.45, 2.75) is 20.0 Å². The van der Waals surface area contributed by atoms with Crippen LogP contribution in [0.3, 0.4) is 0 Å². The summed E-state index contributed by atoms with van der Waals surface area (Å²) in [6, 6.07) is 16.1. The number of aliphatic hydroxyl groups is 1. The molecule has 0 aliphatic carbocycles. The summed E-state index contributed by atoms with van der Waals surface area (Å²) < 4.78 is 5.38. The number of benzene rings is 2. The minimum absolute atomic E-state index is 0.527. The van der Waals surface area contributed by atoms with Crippen molar-refractivity contribution < 1.29 is 14.6 Å². The topological polar surface area (TPSA) is 70.9 Å². The highest BCUT2D eigenvalue weighted by Gasteiger charge is 2.16. The van der Waals surface area contributed by atoms with Crippen LogP contribution in [0.15, 0.2) is 59.7 Å². The Hall–Kier alpha value is -2.66. The van der Waals surface area contributed by atoms with Gasteiger partial charge in [0.05, 0.1) is 12.3 Å². The van der Waals surface area contributed by atoms with E-state index in [2.05, 4.69) is 10.5 Å². The molecule has 2 rings (SSSR count). The lowest BCUT2D eigenvalue weighted by Crippen LogP contribution is -2.26. The molecule has 0 unspecified atom stereocenters. The summed E-state index contributed by atoms with van der Waals surface area (Å²) in [6.07, 6.45) is -1.24. The molecule has 5 nitrogen and oxygen atoms in total. The highest BCUT2D eigenvalue weighted by molar-refractivity contribution is 5.99. The van der Waals surface area contributed by atoms with Gasteiger partial charge in [0.15, 0.2) is 6.10 Å². The number of aliphatic hydroxyl groups excluding tert-OH is 1. The minimum Gasteiger partial charge on any atom is -0.494 e. The van der Waals surface area contributed by atoms with Gasteiger partial charge in [0, 0.05) is 0 Å². The first kappa shape index (κ1) is 16.7. The normalized spacial score (nSPS) is 12.6. The van der Waals surface area contributed by atoms with Gasteiger partial charge in [0.2, 0.25) is 0 Å². The van der Waals surface area contributed by atoms with Crippen molar-refractivity contribution in [1.82, 2.24) is 5.43 Å². The predicted octanol–water partition coefficient (Wildman–Crippen LogP) is 2.66. The zero-order valence-corrected chi connectivity index (χ0v) is 13.2. The highest BCUT2D eigenvalue weighted by Crippen LogP contribution is 2.14.